The summed E-state index contributed by atoms with van der Waals surface area (Å²) in [5, 5.41) is 0. The number of rotatable bonds is 0. The normalized spacial score (nSPS) is 56.4. The first-order valence-electron chi connectivity index (χ1n) is 4.16. The van der Waals surface area contributed by atoms with E-state index >= 15 is 0 Å². The van der Waals surface area contributed by atoms with E-state index in [-0.39, 0.29) is 5.41 Å². The Balaban J connectivity index is 2.31. The number of hydrogen-bond donors (Lipinski definition) is 0. The van der Waals surface area contributed by atoms with Gasteiger partial charge in [-0.25, -0.2) is 4.39 Å². The summed E-state index contributed by atoms with van der Waals surface area (Å²) in [7, 11) is 0. The first-order chi connectivity index (χ1) is 4.47. The van der Waals surface area contributed by atoms with E-state index < -0.39 is 5.67 Å². The number of alkyl halides is 1. The SMILES string of the molecule is CC1CC2(F)CC1C2(C)C. The molecular weight excluding hydrogens is 127 g/mol. The van der Waals surface area contributed by atoms with Crippen molar-refractivity contribution < 1.29 is 4.39 Å². The van der Waals surface area contributed by atoms with Crippen LogP contribution in [0, 0.1) is 17.3 Å². The molecule has 0 nitrogen and oxygen atoms in total. The van der Waals surface area contributed by atoms with E-state index in [0.29, 0.717) is 11.8 Å². The summed E-state index contributed by atoms with van der Waals surface area (Å²) in [6.07, 6.45) is 1.64. The maximum Gasteiger partial charge on any atom is 0.117 e. The van der Waals surface area contributed by atoms with Crippen LogP contribution < -0.4 is 0 Å². The van der Waals surface area contributed by atoms with Gasteiger partial charge >= 0.3 is 0 Å². The molecule has 0 N–H and O–H groups in total. The summed E-state index contributed by atoms with van der Waals surface area (Å²) in [5.74, 6) is 1.29. The van der Waals surface area contributed by atoms with Gasteiger partial charge in [0.05, 0.1) is 0 Å². The molecule has 3 aliphatic carbocycles. The van der Waals surface area contributed by atoms with Crippen molar-refractivity contribution in [2.24, 2.45) is 17.3 Å². The third-order valence-electron chi connectivity index (χ3n) is 3.96. The monoisotopic (exact) mass is 142 g/mol. The summed E-state index contributed by atoms with van der Waals surface area (Å²) in [6.45, 7) is 6.33. The molecule has 0 heterocycles. The van der Waals surface area contributed by atoms with Crippen LogP contribution >= 0.6 is 0 Å². The average molecular weight is 142 g/mol. The highest BCUT2D eigenvalue weighted by Gasteiger charge is 2.68. The third kappa shape index (κ3) is 0.455. The number of halogens is 1. The minimum Gasteiger partial charge on any atom is -0.243 e. The molecule has 3 unspecified atom stereocenters. The van der Waals surface area contributed by atoms with Crippen LogP contribution in [0.25, 0.3) is 0 Å². The fourth-order valence-electron chi connectivity index (χ4n) is 2.98. The van der Waals surface area contributed by atoms with Crippen LogP contribution in [0.2, 0.25) is 0 Å². The quantitative estimate of drug-likeness (QED) is 0.488. The van der Waals surface area contributed by atoms with Crippen LogP contribution in [0.1, 0.15) is 33.6 Å². The molecule has 3 rings (SSSR count). The lowest BCUT2D eigenvalue weighted by Crippen LogP contribution is -2.50. The molecule has 0 aromatic heterocycles. The number of hydrogen-bond acceptors (Lipinski definition) is 0. The van der Waals surface area contributed by atoms with E-state index in [1.165, 1.54) is 0 Å². The van der Waals surface area contributed by atoms with E-state index in [4.69, 9.17) is 0 Å². The Hall–Kier alpha value is -0.0700. The van der Waals surface area contributed by atoms with Gasteiger partial charge in [0.1, 0.15) is 5.67 Å². The van der Waals surface area contributed by atoms with Gasteiger partial charge < -0.3 is 0 Å². The Labute approximate surface area is 61.8 Å². The predicted octanol–water partition coefficient (Wildman–Crippen LogP) is 2.78. The highest BCUT2D eigenvalue weighted by atomic mass is 19.1. The van der Waals surface area contributed by atoms with Gasteiger partial charge in [-0.2, -0.15) is 0 Å². The van der Waals surface area contributed by atoms with Crippen LogP contribution in [0.5, 0.6) is 0 Å². The fraction of sp³-hybridized carbons (Fsp3) is 1.00. The largest absolute Gasteiger partial charge is 0.243 e. The van der Waals surface area contributed by atoms with Crippen LogP contribution in [0.3, 0.4) is 0 Å². The van der Waals surface area contributed by atoms with Crippen molar-refractivity contribution in [2.45, 2.75) is 39.3 Å². The Morgan fingerprint density at radius 3 is 2.00 bits per heavy atom. The van der Waals surface area contributed by atoms with Crippen LogP contribution in [-0.2, 0) is 0 Å². The second kappa shape index (κ2) is 1.41. The zero-order valence-corrected chi connectivity index (χ0v) is 6.95. The van der Waals surface area contributed by atoms with Crippen LogP contribution in [0.4, 0.5) is 4.39 Å². The van der Waals surface area contributed by atoms with E-state index in [1.54, 1.807) is 0 Å². The fourth-order valence-corrected chi connectivity index (χ4v) is 2.98. The van der Waals surface area contributed by atoms with Crippen molar-refractivity contribution >= 4 is 0 Å². The summed E-state index contributed by atoms with van der Waals surface area (Å²) in [5.41, 5.74) is -0.802. The van der Waals surface area contributed by atoms with E-state index in [9.17, 15) is 4.39 Å². The molecule has 10 heavy (non-hydrogen) atoms. The third-order valence-corrected chi connectivity index (χ3v) is 3.96. The van der Waals surface area contributed by atoms with Crippen molar-refractivity contribution in [1.82, 2.24) is 0 Å². The Kier molecular flexibility index (Phi) is 0.937. The molecule has 3 atom stereocenters. The highest BCUT2D eigenvalue weighted by Crippen LogP contribution is 2.68. The highest BCUT2D eigenvalue weighted by molar-refractivity contribution is 5.17. The molecule has 3 fully saturated rings. The van der Waals surface area contributed by atoms with Gasteiger partial charge in [0.25, 0.3) is 0 Å². The van der Waals surface area contributed by atoms with E-state index in [0.717, 1.165) is 12.8 Å². The second-order valence-corrected chi connectivity index (χ2v) is 4.68. The van der Waals surface area contributed by atoms with Crippen molar-refractivity contribution in [3.63, 3.8) is 0 Å². The van der Waals surface area contributed by atoms with Gasteiger partial charge in [-0.1, -0.05) is 20.8 Å². The molecule has 0 spiro atoms. The lowest BCUT2D eigenvalue weighted by Gasteiger charge is -2.49. The Bertz CT molecular complexity index is 171. The molecule has 0 amide bonds. The topological polar surface area (TPSA) is 0 Å². The molecule has 0 aliphatic heterocycles. The maximum atomic E-state index is 13.7. The van der Waals surface area contributed by atoms with Gasteiger partial charge in [0.15, 0.2) is 0 Å². The summed E-state index contributed by atoms with van der Waals surface area (Å²) in [4.78, 5) is 0. The molecule has 1 heteroatoms. The number of fused-ring (bicyclic) bond motifs is 1. The predicted molar refractivity (Wildman–Crippen MR) is 39.5 cm³/mol. The van der Waals surface area contributed by atoms with Crippen LogP contribution in [-0.4, -0.2) is 5.67 Å². The average Bonchev–Trinajstić information content (AvgIpc) is 2.17. The lowest BCUT2D eigenvalue weighted by molar-refractivity contribution is -0.0851. The lowest BCUT2D eigenvalue weighted by atomic mass is 9.58. The standard InChI is InChI=1S/C9H15F/c1-6-4-9(10)5-7(6)8(9,2)3/h6-7H,4-5H2,1-3H3. The second-order valence-electron chi connectivity index (χ2n) is 4.68. The van der Waals surface area contributed by atoms with Gasteiger partial charge in [0.2, 0.25) is 0 Å². The van der Waals surface area contributed by atoms with Crippen molar-refractivity contribution in [3.05, 3.63) is 0 Å². The van der Waals surface area contributed by atoms with Crippen molar-refractivity contribution in [1.29, 1.82) is 0 Å². The maximum absolute atomic E-state index is 13.7. The van der Waals surface area contributed by atoms with Crippen molar-refractivity contribution in [3.8, 4) is 0 Å². The molecule has 0 radical (unpaired) electrons. The van der Waals surface area contributed by atoms with Gasteiger partial charge in [-0.3, -0.25) is 0 Å². The molecule has 0 aromatic rings. The summed E-state index contributed by atoms with van der Waals surface area (Å²) < 4.78 is 13.7. The summed E-state index contributed by atoms with van der Waals surface area (Å²) in [6, 6.07) is 0. The minimum absolute atomic E-state index is 0.00752. The molecule has 3 saturated carbocycles. The minimum atomic E-state index is -0.795. The van der Waals surface area contributed by atoms with Gasteiger partial charge in [0, 0.05) is 5.41 Å². The summed E-state index contributed by atoms with van der Waals surface area (Å²) >= 11 is 0. The van der Waals surface area contributed by atoms with E-state index in [1.807, 2.05) is 0 Å². The first kappa shape index (κ1) is 6.63. The molecule has 2 bridgehead atoms. The smallest absolute Gasteiger partial charge is 0.117 e. The molecule has 0 saturated heterocycles. The molecule has 58 valence electrons. The zero-order chi connectivity index (χ0) is 7.57. The zero-order valence-electron chi connectivity index (χ0n) is 6.95. The van der Waals surface area contributed by atoms with Gasteiger partial charge in [-0.15, -0.1) is 0 Å². The molecule has 3 aliphatic rings. The molecule has 0 aromatic carbocycles. The van der Waals surface area contributed by atoms with E-state index in [2.05, 4.69) is 20.8 Å². The Morgan fingerprint density at radius 1 is 1.30 bits per heavy atom. The Morgan fingerprint density at radius 2 is 1.90 bits per heavy atom. The van der Waals surface area contributed by atoms with Gasteiger partial charge in [-0.05, 0) is 24.7 Å². The molecular formula is C9H15F. The van der Waals surface area contributed by atoms with Crippen LogP contribution in [0.15, 0.2) is 0 Å². The van der Waals surface area contributed by atoms with Crippen molar-refractivity contribution in [2.75, 3.05) is 0 Å². The first-order valence-corrected chi connectivity index (χ1v) is 4.16.